The first kappa shape index (κ1) is 32.3. The zero-order valence-electron chi connectivity index (χ0n) is 26.3. The Hall–Kier alpha value is -4.61. The lowest BCUT2D eigenvalue weighted by Crippen LogP contribution is -2.55. The number of fused-ring (bicyclic) bond motifs is 5. The number of imide groups is 1. The maximum absolute atomic E-state index is 14.0. The normalized spacial score (nSPS) is 16.7. The van der Waals surface area contributed by atoms with Crippen molar-refractivity contribution in [1.29, 1.82) is 0 Å². The van der Waals surface area contributed by atoms with Crippen molar-refractivity contribution in [2.75, 3.05) is 18.0 Å². The van der Waals surface area contributed by atoms with Gasteiger partial charge >= 0.3 is 23.7 Å². The molecule has 0 unspecified atom stereocenters. The van der Waals surface area contributed by atoms with E-state index in [2.05, 4.69) is 20.1 Å². The van der Waals surface area contributed by atoms with Gasteiger partial charge in [-0.2, -0.15) is 17.9 Å². The highest BCUT2D eigenvalue weighted by atomic mass is 32.2. The van der Waals surface area contributed by atoms with Gasteiger partial charge in [0.25, 0.3) is 0 Å². The van der Waals surface area contributed by atoms with Crippen molar-refractivity contribution in [2.45, 2.75) is 76.6 Å². The first-order chi connectivity index (χ1) is 21.9. The number of hydrogen-bond donors (Lipinski definition) is 0. The van der Waals surface area contributed by atoms with E-state index in [0.717, 1.165) is 9.58 Å². The lowest BCUT2D eigenvalue weighted by molar-refractivity contribution is -0.0369. The predicted octanol–water partition coefficient (Wildman–Crippen LogP) is 6.22. The number of rotatable bonds is 3. The van der Waals surface area contributed by atoms with Crippen molar-refractivity contribution >= 4 is 58.1 Å². The van der Waals surface area contributed by atoms with Crippen LogP contribution in [0.4, 0.5) is 33.4 Å². The van der Waals surface area contributed by atoms with Gasteiger partial charge in [-0.05, 0) is 66.5 Å². The molecule has 5 heterocycles. The summed E-state index contributed by atoms with van der Waals surface area (Å²) in [5.74, 6) is 0.476. The molecule has 3 aromatic heterocycles. The van der Waals surface area contributed by atoms with Crippen molar-refractivity contribution in [3.63, 3.8) is 0 Å². The molecular formula is C29H31F3N8O6S. The highest BCUT2D eigenvalue weighted by Crippen LogP contribution is 2.48. The van der Waals surface area contributed by atoms with Gasteiger partial charge in [-0.3, -0.25) is 0 Å². The van der Waals surface area contributed by atoms with Gasteiger partial charge in [0, 0.05) is 13.1 Å². The number of imidazole rings is 1. The first-order valence-electron chi connectivity index (χ1n) is 14.6. The number of carbonyl (C=O) groups excluding carboxylic acids is 3. The maximum Gasteiger partial charge on any atom is 0.479 e. The summed E-state index contributed by atoms with van der Waals surface area (Å²) in [4.78, 5) is 56.5. The SMILES string of the molecule is CC(C)(C)OC(=O)N1C(=O)n2c(nc3c(OSC(F)(F)F)cccc32)C12CCN(c1ncnc3nn(C(=O)OC(C)(C)C)cc13)CC2. The van der Waals surface area contributed by atoms with Crippen LogP contribution >= 0.6 is 12.0 Å². The van der Waals surface area contributed by atoms with Gasteiger partial charge in [-0.25, -0.2) is 38.8 Å². The summed E-state index contributed by atoms with van der Waals surface area (Å²) in [7, 11) is 0. The molecule has 1 saturated heterocycles. The molecular weight excluding hydrogens is 645 g/mol. The minimum absolute atomic E-state index is 0.0466. The molecule has 18 heteroatoms. The molecule has 0 atom stereocenters. The van der Waals surface area contributed by atoms with Crippen molar-refractivity contribution in [2.24, 2.45) is 0 Å². The number of piperidine rings is 1. The summed E-state index contributed by atoms with van der Waals surface area (Å²) < 4.78 is 57.2. The Bertz CT molecular complexity index is 1900. The van der Waals surface area contributed by atoms with E-state index in [1.54, 1.807) is 41.5 Å². The van der Waals surface area contributed by atoms with Crippen molar-refractivity contribution in [1.82, 2.24) is 34.2 Å². The van der Waals surface area contributed by atoms with Gasteiger partial charge in [0.1, 0.15) is 40.2 Å². The number of nitrogens with zero attached hydrogens (tertiary/aromatic N) is 8. The number of alkyl halides is 3. The van der Waals surface area contributed by atoms with Gasteiger partial charge in [-0.1, -0.05) is 6.07 Å². The fraction of sp³-hybridized carbons (Fsp3) is 0.483. The number of benzene rings is 1. The third-order valence-electron chi connectivity index (χ3n) is 7.44. The van der Waals surface area contributed by atoms with E-state index in [0.29, 0.717) is 11.2 Å². The van der Waals surface area contributed by atoms with Crippen LogP contribution < -0.4 is 9.08 Å². The Labute approximate surface area is 270 Å². The third kappa shape index (κ3) is 6.01. The van der Waals surface area contributed by atoms with E-state index in [9.17, 15) is 27.6 Å². The molecule has 1 aromatic carbocycles. The van der Waals surface area contributed by atoms with Crippen molar-refractivity contribution in [3.05, 3.63) is 36.5 Å². The second kappa shape index (κ2) is 11.0. The summed E-state index contributed by atoms with van der Waals surface area (Å²) >= 11 is -0.687. The van der Waals surface area contributed by atoms with Crippen LogP contribution in [0.5, 0.6) is 5.75 Å². The average molecular weight is 677 g/mol. The summed E-state index contributed by atoms with van der Waals surface area (Å²) in [6.45, 7) is 10.7. The van der Waals surface area contributed by atoms with Gasteiger partial charge in [0.05, 0.1) is 17.1 Å². The number of hydrogen-bond acceptors (Lipinski definition) is 12. The molecule has 250 valence electrons. The molecule has 1 spiro atoms. The largest absolute Gasteiger partial charge is 0.479 e. The average Bonchev–Trinajstić information content (AvgIpc) is 3.62. The minimum Gasteiger partial charge on any atom is -0.443 e. The van der Waals surface area contributed by atoms with Crippen LogP contribution in [0, 0.1) is 0 Å². The molecule has 47 heavy (non-hydrogen) atoms. The molecule has 1 fully saturated rings. The smallest absolute Gasteiger partial charge is 0.443 e. The Morgan fingerprint density at radius 3 is 2.26 bits per heavy atom. The zero-order chi connectivity index (χ0) is 34.1. The number of carbonyl (C=O) groups is 3. The van der Waals surface area contributed by atoms with Crippen LogP contribution in [0.15, 0.2) is 30.7 Å². The Balaban J connectivity index is 1.37. The Morgan fingerprint density at radius 2 is 1.62 bits per heavy atom. The van der Waals surface area contributed by atoms with E-state index < -0.39 is 52.5 Å². The summed E-state index contributed by atoms with van der Waals surface area (Å²) in [5.41, 5.74) is -7.16. The molecule has 0 aliphatic carbocycles. The molecule has 4 aromatic rings. The van der Waals surface area contributed by atoms with Gasteiger partial charge in [0.15, 0.2) is 23.4 Å². The second-order valence-corrected chi connectivity index (χ2v) is 13.9. The standard InChI is InChI=1S/C29H31F3N8O6S/c1-26(2,3)44-24(42)38-14-16-20(36-38)33-15-34-21(16)37-12-10-28(11-13-37)22-35-19-17(8-7-9-18(19)46-47-29(30,31)32)39(22)23(41)40(28)25(43)45-27(4,5)6/h7-9,14-15H,10-13H2,1-6H3. The number of anilines is 1. The number of amides is 2. The molecule has 0 saturated carbocycles. The van der Waals surface area contributed by atoms with Crippen LogP contribution in [0.1, 0.15) is 60.2 Å². The molecule has 2 aliphatic heterocycles. The van der Waals surface area contributed by atoms with Gasteiger partial charge < -0.3 is 18.6 Å². The van der Waals surface area contributed by atoms with Gasteiger partial charge in [0.2, 0.25) is 0 Å². The lowest BCUT2D eigenvalue weighted by atomic mass is 9.86. The summed E-state index contributed by atoms with van der Waals surface area (Å²) in [5, 5.41) is 4.73. The van der Waals surface area contributed by atoms with Crippen LogP contribution in [0.2, 0.25) is 0 Å². The number of ether oxygens (including phenoxy) is 2. The summed E-state index contributed by atoms with van der Waals surface area (Å²) in [6, 6.07) is 3.55. The van der Waals surface area contributed by atoms with Crippen LogP contribution in [0.25, 0.3) is 22.1 Å². The van der Waals surface area contributed by atoms with E-state index in [4.69, 9.17) is 13.7 Å². The van der Waals surface area contributed by atoms with Crippen LogP contribution in [0.3, 0.4) is 0 Å². The number of halogens is 3. The van der Waals surface area contributed by atoms with Crippen LogP contribution in [-0.4, -0.2) is 82.2 Å². The van der Waals surface area contributed by atoms with E-state index in [1.807, 2.05) is 4.90 Å². The van der Waals surface area contributed by atoms with Gasteiger partial charge in [-0.15, -0.1) is 5.10 Å². The van der Waals surface area contributed by atoms with Crippen molar-refractivity contribution < 1.29 is 41.2 Å². The lowest BCUT2D eigenvalue weighted by Gasteiger charge is -2.42. The maximum atomic E-state index is 14.0. The van der Waals surface area contributed by atoms with E-state index >= 15 is 0 Å². The molecule has 2 aliphatic rings. The molecule has 6 rings (SSSR count). The fourth-order valence-corrected chi connectivity index (χ4v) is 6.02. The predicted molar refractivity (Wildman–Crippen MR) is 163 cm³/mol. The monoisotopic (exact) mass is 676 g/mol. The molecule has 0 N–H and O–H groups in total. The topological polar surface area (TPSA) is 147 Å². The molecule has 0 bridgehead atoms. The zero-order valence-corrected chi connectivity index (χ0v) is 27.1. The second-order valence-electron chi connectivity index (χ2n) is 13.1. The number of aromatic nitrogens is 6. The minimum atomic E-state index is -4.67. The molecule has 14 nitrogen and oxygen atoms in total. The first-order valence-corrected chi connectivity index (χ1v) is 15.3. The highest BCUT2D eigenvalue weighted by Gasteiger charge is 2.58. The molecule has 2 amide bonds. The fourth-order valence-electron chi connectivity index (χ4n) is 5.70. The Morgan fingerprint density at radius 1 is 0.957 bits per heavy atom. The van der Waals surface area contributed by atoms with E-state index in [-0.39, 0.29) is 54.2 Å². The Kier molecular flexibility index (Phi) is 7.56. The quantitative estimate of drug-likeness (QED) is 0.227. The highest BCUT2D eigenvalue weighted by molar-refractivity contribution is 7.95. The summed E-state index contributed by atoms with van der Waals surface area (Å²) in [6.07, 6.45) is 1.57. The third-order valence-corrected chi connectivity index (χ3v) is 7.90. The van der Waals surface area contributed by atoms with Crippen molar-refractivity contribution in [3.8, 4) is 5.75 Å². The van der Waals surface area contributed by atoms with Crippen LogP contribution in [-0.2, 0) is 15.0 Å². The number of para-hydroxylation sites is 1. The van der Waals surface area contributed by atoms with E-state index in [1.165, 1.54) is 35.3 Å². The molecule has 0 radical (unpaired) electrons.